The standard InChI is InChI=1S/C9H8ClNO6/c1-17-6-3-5(11(15)16)4(2-7(12)13)8(10)9(6)14/h3,14H,2H2,1H3,(H,12,13). The molecular weight excluding hydrogens is 254 g/mol. The number of aliphatic carboxylic acids is 1. The Hall–Kier alpha value is -2.02. The van der Waals surface area contributed by atoms with E-state index in [1.807, 2.05) is 0 Å². The first-order valence-corrected chi connectivity index (χ1v) is 4.70. The van der Waals surface area contributed by atoms with E-state index in [-0.39, 0.29) is 11.3 Å². The first kappa shape index (κ1) is 13.0. The van der Waals surface area contributed by atoms with Gasteiger partial charge in [0.25, 0.3) is 5.69 Å². The number of phenols is 1. The lowest BCUT2D eigenvalue weighted by molar-refractivity contribution is -0.385. The van der Waals surface area contributed by atoms with Crippen molar-refractivity contribution in [2.45, 2.75) is 6.42 Å². The molecule has 0 bridgehead atoms. The van der Waals surface area contributed by atoms with Crippen molar-refractivity contribution in [3.63, 3.8) is 0 Å². The number of phenolic OH excluding ortho intramolecular Hbond substituents is 1. The van der Waals surface area contributed by atoms with Crippen LogP contribution < -0.4 is 4.74 Å². The van der Waals surface area contributed by atoms with E-state index in [4.69, 9.17) is 21.4 Å². The van der Waals surface area contributed by atoms with Gasteiger partial charge >= 0.3 is 5.97 Å². The van der Waals surface area contributed by atoms with Gasteiger partial charge in [-0.15, -0.1) is 0 Å². The van der Waals surface area contributed by atoms with Gasteiger partial charge in [0.05, 0.1) is 35.1 Å². The van der Waals surface area contributed by atoms with E-state index in [1.165, 1.54) is 7.11 Å². The zero-order chi connectivity index (χ0) is 13.2. The predicted octanol–water partition coefficient (Wildman–Crippen LogP) is 1.59. The number of hydrogen-bond donors (Lipinski definition) is 2. The smallest absolute Gasteiger partial charge is 0.308 e. The fraction of sp³-hybridized carbons (Fsp3) is 0.222. The molecule has 7 nitrogen and oxygen atoms in total. The lowest BCUT2D eigenvalue weighted by Gasteiger charge is -2.09. The lowest BCUT2D eigenvalue weighted by Crippen LogP contribution is -2.05. The van der Waals surface area contributed by atoms with Crippen LogP contribution in [0.15, 0.2) is 6.07 Å². The topological polar surface area (TPSA) is 110 Å². The SMILES string of the molecule is COc1cc([N+](=O)[O-])c(CC(=O)O)c(Cl)c1O. The number of methoxy groups -OCH3 is 1. The van der Waals surface area contributed by atoms with Crippen LogP contribution in [0.1, 0.15) is 5.56 Å². The lowest BCUT2D eigenvalue weighted by atomic mass is 10.1. The Bertz CT molecular complexity index is 487. The minimum atomic E-state index is -1.29. The molecule has 0 radical (unpaired) electrons. The number of hydrogen-bond acceptors (Lipinski definition) is 5. The number of nitrogens with zero attached hydrogens (tertiary/aromatic N) is 1. The summed E-state index contributed by atoms with van der Waals surface area (Å²) in [6.45, 7) is 0. The molecule has 0 saturated heterocycles. The Morgan fingerprint density at radius 1 is 1.65 bits per heavy atom. The summed E-state index contributed by atoms with van der Waals surface area (Å²) in [5, 5.41) is 28.5. The van der Waals surface area contributed by atoms with Crippen LogP contribution in [-0.2, 0) is 11.2 Å². The second kappa shape index (κ2) is 4.88. The van der Waals surface area contributed by atoms with E-state index in [0.717, 1.165) is 6.07 Å². The Morgan fingerprint density at radius 3 is 2.65 bits per heavy atom. The average Bonchev–Trinajstić information content (AvgIpc) is 2.24. The maximum Gasteiger partial charge on any atom is 0.308 e. The van der Waals surface area contributed by atoms with Gasteiger partial charge in [0.15, 0.2) is 11.5 Å². The highest BCUT2D eigenvalue weighted by atomic mass is 35.5. The van der Waals surface area contributed by atoms with Crippen molar-refractivity contribution in [1.29, 1.82) is 0 Å². The number of ether oxygens (including phenoxy) is 1. The minimum Gasteiger partial charge on any atom is -0.503 e. The molecule has 1 aromatic carbocycles. The molecule has 2 N–H and O–H groups in total. The van der Waals surface area contributed by atoms with Crippen molar-refractivity contribution in [3.05, 3.63) is 26.8 Å². The van der Waals surface area contributed by atoms with E-state index < -0.39 is 33.8 Å². The van der Waals surface area contributed by atoms with Crippen molar-refractivity contribution in [2.24, 2.45) is 0 Å². The van der Waals surface area contributed by atoms with Crippen LogP contribution >= 0.6 is 11.6 Å². The van der Waals surface area contributed by atoms with Crippen molar-refractivity contribution >= 4 is 23.3 Å². The monoisotopic (exact) mass is 261 g/mol. The number of rotatable bonds is 4. The van der Waals surface area contributed by atoms with Gasteiger partial charge in [-0.3, -0.25) is 14.9 Å². The number of carboxylic acids is 1. The molecule has 1 aromatic rings. The van der Waals surface area contributed by atoms with Crippen molar-refractivity contribution in [2.75, 3.05) is 7.11 Å². The zero-order valence-corrected chi connectivity index (χ0v) is 9.39. The third kappa shape index (κ3) is 2.56. The van der Waals surface area contributed by atoms with Crippen LogP contribution in [0.4, 0.5) is 5.69 Å². The molecule has 0 atom stereocenters. The van der Waals surface area contributed by atoms with Gasteiger partial charge in [-0.05, 0) is 0 Å². The minimum absolute atomic E-state index is 0.184. The van der Waals surface area contributed by atoms with Gasteiger partial charge in [0, 0.05) is 0 Å². The number of aromatic hydroxyl groups is 1. The van der Waals surface area contributed by atoms with E-state index in [1.54, 1.807) is 0 Å². The molecule has 0 saturated carbocycles. The van der Waals surface area contributed by atoms with Gasteiger partial charge in [0.2, 0.25) is 0 Å². The summed E-state index contributed by atoms with van der Waals surface area (Å²) in [5.41, 5.74) is -0.769. The Balaban J connectivity index is 3.49. The molecule has 0 unspecified atom stereocenters. The normalized spacial score (nSPS) is 10.0. The second-order valence-corrected chi connectivity index (χ2v) is 3.44. The number of halogens is 1. The first-order chi connectivity index (χ1) is 7.88. The van der Waals surface area contributed by atoms with Crippen LogP contribution in [0, 0.1) is 10.1 Å². The van der Waals surface area contributed by atoms with Crippen LogP contribution in [0.5, 0.6) is 11.5 Å². The summed E-state index contributed by atoms with van der Waals surface area (Å²) in [6.07, 6.45) is -0.660. The summed E-state index contributed by atoms with van der Waals surface area (Å²) < 4.78 is 4.69. The Kier molecular flexibility index (Phi) is 3.74. The number of nitro groups is 1. The van der Waals surface area contributed by atoms with Crippen molar-refractivity contribution < 1.29 is 24.7 Å². The van der Waals surface area contributed by atoms with Crippen LogP contribution in [0.3, 0.4) is 0 Å². The molecule has 0 aliphatic rings. The molecule has 0 spiro atoms. The average molecular weight is 262 g/mol. The number of nitro benzene ring substituents is 1. The quantitative estimate of drug-likeness (QED) is 0.629. The highest BCUT2D eigenvalue weighted by molar-refractivity contribution is 6.33. The van der Waals surface area contributed by atoms with Gasteiger partial charge in [-0.2, -0.15) is 0 Å². The van der Waals surface area contributed by atoms with Crippen LogP contribution in [0.2, 0.25) is 5.02 Å². The van der Waals surface area contributed by atoms with Crippen molar-refractivity contribution in [3.8, 4) is 11.5 Å². The van der Waals surface area contributed by atoms with Gasteiger partial charge < -0.3 is 14.9 Å². The predicted molar refractivity (Wildman–Crippen MR) is 57.7 cm³/mol. The molecule has 8 heteroatoms. The molecule has 0 amide bonds. The highest BCUT2D eigenvalue weighted by Crippen LogP contribution is 2.41. The van der Waals surface area contributed by atoms with Gasteiger partial charge in [-0.1, -0.05) is 11.6 Å². The summed E-state index contributed by atoms with van der Waals surface area (Å²) in [7, 11) is 1.20. The van der Waals surface area contributed by atoms with E-state index in [0.29, 0.717) is 0 Å². The fourth-order valence-corrected chi connectivity index (χ4v) is 1.54. The zero-order valence-electron chi connectivity index (χ0n) is 8.64. The fourth-order valence-electron chi connectivity index (χ4n) is 1.28. The summed E-state index contributed by atoms with van der Waals surface area (Å²) in [6, 6.07) is 0.930. The molecule has 1 rings (SSSR count). The van der Waals surface area contributed by atoms with Crippen LogP contribution in [0.25, 0.3) is 0 Å². The summed E-state index contributed by atoms with van der Waals surface area (Å²) in [5.74, 6) is -1.99. The highest BCUT2D eigenvalue weighted by Gasteiger charge is 2.25. The summed E-state index contributed by atoms with van der Waals surface area (Å²) >= 11 is 5.67. The number of carboxylic acid groups (broad SMARTS) is 1. The maximum absolute atomic E-state index is 10.8. The van der Waals surface area contributed by atoms with Crippen molar-refractivity contribution in [1.82, 2.24) is 0 Å². The number of carbonyl (C=O) groups is 1. The van der Waals surface area contributed by atoms with Crippen LogP contribution in [-0.4, -0.2) is 28.2 Å². The second-order valence-electron chi connectivity index (χ2n) is 3.07. The largest absolute Gasteiger partial charge is 0.503 e. The Labute approximate surface area is 100 Å². The van der Waals surface area contributed by atoms with Gasteiger partial charge in [0.1, 0.15) is 0 Å². The molecule has 0 fully saturated rings. The molecule has 0 aliphatic carbocycles. The summed E-state index contributed by atoms with van der Waals surface area (Å²) in [4.78, 5) is 20.5. The van der Waals surface area contributed by atoms with E-state index in [2.05, 4.69) is 0 Å². The van der Waals surface area contributed by atoms with E-state index >= 15 is 0 Å². The number of benzene rings is 1. The molecule has 92 valence electrons. The third-order valence-corrected chi connectivity index (χ3v) is 2.43. The van der Waals surface area contributed by atoms with E-state index in [9.17, 15) is 20.0 Å². The first-order valence-electron chi connectivity index (χ1n) is 4.33. The third-order valence-electron chi connectivity index (χ3n) is 2.03. The molecule has 0 aromatic heterocycles. The molecule has 17 heavy (non-hydrogen) atoms. The van der Waals surface area contributed by atoms with Gasteiger partial charge in [-0.25, -0.2) is 0 Å². The molecule has 0 heterocycles. The molecule has 0 aliphatic heterocycles. The molecular formula is C9H8ClNO6. The Morgan fingerprint density at radius 2 is 2.24 bits per heavy atom. The maximum atomic E-state index is 10.8.